The Morgan fingerprint density at radius 3 is 2.47 bits per heavy atom. The lowest BCUT2D eigenvalue weighted by molar-refractivity contribution is 0.282. The molecule has 0 amide bonds. The van der Waals surface area contributed by atoms with E-state index < -0.39 is 0 Å². The summed E-state index contributed by atoms with van der Waals surface area (Å²) in [6.45, 7) is 4.33. The molecule has 19 heavy (non-hydrogen) atoms. The SMILES string of the molecule is CC(C)c1ocnc1CSCc1ccc(CO)cc1. The Hall–Kier alpha value is -1.26. The highest BCUT2D eigenvalue weighted by atomic mass is 32.2. The van der Waals surface area contributed by atoms with Gasteiger partial charge in [-0.1, -0.05) is 38.1 Å². The van der Waals surface area contributed by atoms with Crippen LogP contribution in [0.15, 0.2) is 35.1 Å². The van der Waals surface area contributed by atoms with Crippen LogP contribution in [-0.2, 0) is 18.1 Å². The lowest BCUT2D eigenvalue weighted by Crippen LogP contribution is -1.92. The number of rotatable bonds is 6. The van der Waals surface area contributed by atoms with E-state index in [4.69, 9.17) is 9.52 Å². The zero-order valence-corrected chi connectivity index (χ0v) is 12.1. The van der Waals surface area contributed by atoms with Gasteiger partial charge in [-0.15, -0.1) is 0 Å². The fraction of sp³-hybridized carbons (Fsp3) is 0.400. The van der Waals surface area contributed by atoms with Crippen molar-refractivity contribution in [2.45, 2.75) is 37.9 Å². The molecule has 0 spiro atoms. The van der Waals surface area contributed by atoms with Gasteiger partial charge in [0.2, 0.25) is 0 Å². The lowest BCUT2D eigenvalue weighted by Gasteiger charge is -2.05. The highest BCUT2D eigenvalue weighted by Gasteiger charge is 2.11. The molecule has 1 aromatic carbocycles. The largest absolute Gasteiger partial charge is 0.448 e. The van der Waals surface area contributed by atoms with Gasteiger partial charge in [0.1, 0.15) is 5.76 Å². The van der Waals surface area contributed by atoms with E-state index in [9.17, 15) is 0 Å². The molecule has 2 rings (SSSR count). The van der Waals surface area contributed by atoms with Crippen molar-refractivity contribution < 1.29 is 9.52 Å². The van der Waals surface area contributed by atoms with Crippen molar-refractivity contribution in [3.8, 4) is 0 Å². The fourth-order valence-corrected chi connectivity index (χ4v) is 2.80. The number of hydrogen-bond donors (Lipinski definition) is 1. The number of aliphatic hydroxyl groups excluding tert-OH is 1. The van der Waals surface area contributed by atoms with Gasteiger partial charge < -0.3 is 9.52 Å². The van der Waals surface area contributed by atoms with Crippen LogP contribution in [0.1, 0.15) is 42.3 Å². The molecule has 3 nitrogen and oxygen atoms in total. The summed E-state index contributed by atoms with van der Waals surface area (Å²) in [6, 6.07) is 8.05. The van der Waals surface area contributed by atoms with Gasteiger partial charge in [-0.2, -0.15) is 11.8 Å². The van der Waals surface area contributed by atoms with Crippen molar-refractivity contribution in [1.82, 2.24) is 4.98 Å². The highest BCUT2D eigenvalue weighted by molar-refractivity contribution is 7.97. The van der Waals surface area contributed by atoms with E-state index in [1.54, 1.807) is 0 Å². The first kappa shape index (κ1) is 14.2. The molecule has 1 aromatic heterocycles. The third-order valence-corrected chi connectivity index (χ3v) is 3.93. The molecule has 1 heterocycles. The Morgan fingerprint density at radius 1 is 1.16 bits per heavy atom. The molecule has 0 aliphatic rings. The smallest absolute Gasteiger partial charge is 0.181 e. The first-order valence-electron chi connectivity index (χ1n) is 6.39. The van der Waals surface area contributed by atoms with E-state index in [1.807, 2.05) is 23.9 Å². The maximum absolute atomic E-state index is 8.99. The van der Waals surface area contributed by atoms with E-state index in [1.165, 1.54) is 12.0 Å². The molecule has 0 radical (unpaired) electrons. The van der Waals surface area contributed by atoms with E-state index in [2.05, 4.69) is 31.0 Å². The summed E-state index contributed by atoms with van der Waals surface area (Å²) in [5.74, 6) is 3.17. The monoisotopic (exact) mass is 277 g/mol. The van der Waals surface area contributed by atoms with Gasteiger partial charge in [-0.25, -0.2) is 4.98 Å². The van der Waals surface area contributed by atoms with Crippen LogP contribution in [0.4, 0.5) is 0 Å². The Labute approximate surface area is 118 Å². The second kappa shape index (κ2) is 6.78. The number of aromatic nitrogens is 1. The van der Waals surface area contributed by atoms with Crippen LogP contribution in [0.3, 0.4) is 0 Å². The standard InChI is InChI=1S/C15H19NO2S/c1-11(2)15-14(16-10-18-15)9-19-8-13-5-3-12(7-17)4-6-13/h3-6,10-11,17H,7-9H2,1-2H3. The molecule has 0 aliphatic heterocycles. The first-order chi connectivity index (χ1) is 9.20. The quantitative estimate of drug-likeness (QED) is 0.874. The summed E-state index contributed by atoms with van der Waals surface area (Å²) in [4.78, 5) is 4.28. The molecule has 0 fully saturated rings. The molecule has 0 saturated heterocycles. The number of oxazole rings is 1. The minimum absolute atomic E-state index is 0.101. The van der Waals surface area contributed by atoms with Crippen LogP contribution in [0.5, 0.6) is 0 Å². The Kier molecular flexibility index (Phi) is 5.05. The number of benzene rings is 1. The van der Waals surface area contributed by atoms with Crippen molar-refractivity contribution in [3.05, 3.63) is 53.2 Å². The van der Waals surface area contributed by atoms with Crippen LogP contribution in [0.2, 0.25) is 0 Å². The van der Waals surface area contributed by atoms with Gasteiger partial charge in [0.15, 0.2) is 6.39 Å². The fourth-order valence-electron chi connectivity index (χ4n) is 1.86. The lowest BCUT2D eigenvalue weighted by atomic mass is 10.1. The predicted molar refractivity (Wildman–Crippen MR) is 78.0 cm³/mol. The summed E-state index contributed by atoms with van der Waals surface area (Å²) in [7, 11) is 0. The molecule has 0 bridgehead atoms. The zero-order chi connectivity index (χ0) is 13.7. The van der Waals surface area contributed by atoms with Gasteiger partial charge >= 0.3 is 0 Å². The van der Waals surface area contributed by atoms with E-state index in [0.717, 1.165) is 28.5 Å². The Morgan fingerprint density at radius 2 is 1.84 bits per heavy atom. The van der Waals surface area contributed by atoms with Crippen LogP contribution in [-0.4, -0.2) is 10.1 Å². The van der Waals surface area contributed by atoms with Crippen molar-refractivity contribution in [1.29, 1.82) is 0 Å². The molecule has 2 aromatic rings. The molecule has 1 N–H and O–H groups in total. The normalized spacial score (nSPS) is 11.2. The van der Waals surface area contributed by atoms with Gasteiger partial charge in [0, 0.05) is 17.4 Å². The van der Waals surface area contributed by atoms with Crippen LogP contribution < -0.4 is 0 Å². The summed E-state index contributed by atoms with van der Waals surface area (Å²) < 4.78 is 5.41. The van der Waals surface area contributed by atoms with Crippen molar-refractivity contribution >= 4 is 11.8 Å². The Balaban J connectivity index is 1.87. The first-order valence-corrected chi connectivity index (χ1v) is 7.55. The summed E-state index contributed by atoms with van der Waals surface area (Å²) in [5, 5.41) is 8.99. The van der Waals surface area contributed by atoms with E-state index >= 15 is 0 Å². The van der Waals surface area contributed by atoms with Crippen molar-refractivity contribution in [2.75, 3.05) is 0 Å². The number of thioether (sulfide) groups is 1. The molecule has 0 atom stereocenters. The second-order valence-corrected chi connectivity index (χ2v) is 5.77. The minimum Gasteiger partial charge on any atom is -0.448 e. The number of nitrogens with zero attached hydrogens (tertiary/aromatic N) is 1. The maximum atomic E-state index is 8.99. The van der Waals surface area contributed by atoms with Gasteiger partial charge in [0.25, 0.3) is 0 Å². The maximum Gasteiger partial charge on any atom is 0.181 e. The third-order valence-electron chi connectivity index (χ3n) is 2.91. The summed E-state index contributed by atoms with van der Waals surface area (Å²) in [5.41, 5.74) is 3.26. The Bertz CT molecular complexity index is 505. The molecule has 0 aliphatic carbocycles. The third kappa shape index (κ3) is 3.85. The topological polar surface area (TPSA) is 46.3 Å². The predicted octanol–water partition coefficient (Wildman–Crippen LogP) is 3.72. The highest BCUT2D eigenvalue weighted by Crippen LogP contribution is 2.24. The van der Waals surface area contributed by atoms with Crippen molar-refractivity contribution in [3.63, 3.8) is 0 Å². The van der Waals surface area contributed by atoms with Crippen LogP contribution in [0, 0.1) is 0 Å². The van der Waals surface area contributed by atoms with Crippen LogP contribution >= 0.6 is 11.8 Å². The number of hydrogen-bond acceptors (Lipinski definition) is 4. The van der Waals surface area contributed by atoms with Gasteiger partial charge in [0.05, 0.1) is 12.3 Å². The van der Waals surface area contributed by atoms with E-state index in [-0.39, 0.29) is 6.61 Å². The molecular formula is C15H19NO2S. The van der Waals surface area contributed by atoms with Gasteiger partial charge in [-0.05, 0) is 11.1 Å². The van der Waals surface area contributed by atoms with E-state index in [0.29, 0.717) is 5.92 Å². The van der Waals surface area contributed by atoms with Crippen molar-refractivity contribution in [2.24, 2.45) is 0 Å². The minimum atomic E-state index is 0.101. The summed E-state index contributed by atoms with van der Waals surface area (Å²) in [6.07, 6.45) is 1.53. The second-order valence-electron chi connectivity index (χ2n) is 4.79. The molecule has 0 unspecified atom stereocenters. The molecule has 0 saturated carbocycles. The molecule has 4 heteroatoms. The summed E-state index contributed by atoms with van der Waals surface area (Å²) >= 11 is 1.82. The zero-order valence-electron chi connectivity index (χ0n) is 11.3. The average Bonchev–Trinajstić information content (AvgIpc) is 2.88. The average molecular weight is 277 g/mol. The van der Waals surface area contributed by atoms with Crippen LogP contribution in [0.25, 0.3) is 0 Å². The van der Waals surface area contributed by atoms with Gasteiger partial charge in [-0.3, -0.25) is 0 Å². The number of aliphatic hydroxyl groups is 1. The molecule has 102 valence electrons. The molecular weight excluding hydrogens is 258 g/mol.